The summed E-state index contributed by atoms with van der Waals surface area (Å²) < 4.78 is 6.24. The van der Waals surface area contributed by atoms with Crippen molar-refractivity contribution < 1.29 is 14.6 Å². The average molecular weight is 443 g/mol. The molecule has 1 aliphatic heterocycles. The molecule has 1 fully saturated rings. The van der Waals surface area contributed by atoms with Crippen molar-refractivity contribution in [1.82, 2.24) is 4.98 Å². The number of aromatic nitrogens is 1. The van der Waals surface area contributed by atoms with Gasteiger partial charge in [0.05, 0.1) is 28.8 Å². The number of aryl methyl sites for hydroxylation is 1. The van der Waals surface area contributed by atoms with Gasteiger partial charge in [0.2, 0.25) is 0 Å². The Hall–Kier alpha value is -2.41. The van der Waals surface area contributed by atoms with E-state index in [0.717, 1.165) is 52.8 Å². The van der Waals surface area contributed by atoms with E-state index < -0.39 is 5.97 Å². The van der Waals surface area contributed by atoms with Crippen LogP contribution in [-0.4, -0.2) is 35.3 Å². The number of carboxylic acids is 1. The quantitative estimate of drug-likeness (QED) is 0.534. The highest BCUT2D eigenvalue weighted by molar-refractivity contribution is 7.15. The number of ether oxygens (including phenoxy) is 1. The molecule has 4 rings (SSSR count). The maximum atomic E-state index is 11.3. The number of benzene rings is 2. The first-order valence-electron chi connectivity index (χ1n) is 9.92. The maximum absolute atomic E-state index is 11.3. The number of carboxylic acid groups (broad SMARTS) is 1. The molecule has 0 unspecified atom stereocenters. The Morgan fingerprint density at radius 1 is 1.30 bits per heavy atom. The summed E-state index contributed by atoms with van der Waals surface area (Å²) in [4.78, 5) is 19.3. The number of anilines is 1. The van der Waals surface area contributed by atoms with Crippen molar-refractivity contribution in [1.29, 1.82) is 0 Å². The highest BCUT2D eigenvalue weighted by Crippen LogP contribution is 2.30. The monoisotopic (exact) mass is 442 g/mol. The molecule has 0 spiro atoms. The van der Waals surface area contributed by atoms with E-state index in [1.165, 1.54) is 0 Å². The van der Waals surface area contributed by atoms with E-state index in [2.05, 4.69) is 4.90 Å². The lowest BCUT2D eigenvalue weighted by Gasteiger charge is -2.34. The number of aromatic carboxylic acids is 1. The third kappa shape index (κ3) is 4.83. The standard InChI is InChI=1S/C23H23ClN2O3S/c1-15-21(30-22(25-15)16-7-9-18(24)10-8-16)14-29-20-6-3-11-26(13-20)19-5-2-4-17(12-19)23(27)28/h2,4-5,7-10,12,20H,3,6,11,13-14H2,1H3,(H,27,28)/t20-/m1/s1. The van der Waals surface area contributed by atoms with Gasteiger partial charge in [-0.05, 0) is 50.1 Å². The van der Waals surface area contributed by atoms with E-state index in [0.29, 0.717) is 17.2 Å². The molecule has 5 nitrogen and oxygen atoms in total. The Morgan fingerprint density at radius 3 is 2.87 bits per heavy atom. The molecule has 0 radical (unpaired) electrons. The molecule has 7 heteroatoms. The molecule has 1 atom stereocenters. The van der Waals surface area contributed by atoms with Crippen LogP contribution in [0, 0.1) is 6.92 Å². The molecule has 1 saturated heterocycles. The van der Waals surface area contributed by atoms with Crippen LogP contribution < -0.4 is 4.90 Å². The molecular formula is C23H23ClN2O3S. The summed E-state index contributed by atoms with van der Waals surface area (Å²) in [6.07, 6.45) is 2.11. The number of hydrogen-bond donors (Lipinski definition) is 1. The minimum atomic E-state index is -0.904. The molecule has 1 N–H and O–H groups in total. The number of nitrogens with zero attached hydrogens (tertiary/aromatic N) is 2. The minimum Gasteiger partial charge on any atom is -0.478 e. The number of hydrogen-bond acceptors (Lipinski definition) is 5. The zero-order chi connectivity index (χ0) is 21.1. The Morgan fingerprint density at radius 2 is 2.10 bits per heavy atom. The number of carbonyl (C=O) groups is 1. The third-order valence-corrected chi connectivity index (χ3v) is 6.70. The van der Waals surface area contributed by atoms with Crippen molar-refractivity contribution in [2.75, 3.05) is 18.0 Å². The lowest BCUT2D eigenvalue weighted by Crippen LogP contribution is -2.39. The molecular weight excluding hydrogens is 420 g/mol. The van der Waals surface area contributed by atoms with Gasteiger partial charge in [-0.25, -0.2) is 9.78 Å². The molecule has 1 aliphatic rings. The normalized spacial score (nSPS) is 16.6. The molecule has 156 valence electrons. The predicted octanol–water partition coefficient (Wildman–Crippen LogP) is 5.66. The predicted molar refractivity (Wildman–Crippen MR) is 121 cm³/mol. The lowest BCUT2D eigenvalue weighted by atomic mass is 10.1. The summed E-state index contributed by atoms with van der Waals surface area (Å²) in [6.45, 7) is 4.21. The Kier molecular flexibility index (Phi) is 6.37. The average Bonchev–Trinajstić information content (AvgIpc) is 3.13. The van der Waals surface area contributed by atoms with Gasteiger partial charge in [0.25, 0.3) is 0 Å². The second-order valence-corrected chi connectivity index (χ2v) is 8.93. The fourth-order valence-electron chi connectivity index (χ4n) is 3.62. The minimum absolute atomic E-state index is 0.104. The summed E-state index contributed by atoms with van der Waals surface area (Å²) in [7, 11) is 0. The Labute approximate surface area is 184 Å². The first-order chi connectivity index (χ1) is 14.5. The molecule has 1 aromatic heterocycles. The summed E-state index contributed by atoms with van der Waals surface area (Å²) in [5.41, 5.74) is 3.29. The van der Waals surface area contributed by atoms with Crippen LogP contribution in [0.3, 0.4) is 0 Å². The summed E-state index contributed by atoms with van der Waals surface area (Å²) in [5, 5.41) is 10.9. The van der Waals surface area contributed by atoms with Crippen LogP contribution in [0.5, 0.6) is 0 Å². The van der Waals surface area contributed by atoms with E-state index in [4.69, 9.17) is 21.3 Å². The molecule has 3 aromatic rings. The van der Waals surface area contributed by atoms with Gasteiger partial charge in [0, 0.05) is 29.4 Å². The fourth-order valence-corrected chi connectivity index (χ4v) is 4.73. The highest BCUT2D eigenvalue weighted by Gasteiger charge is 2.22. The SMILES string of the molecule is Cc1nc(-c2ccc(Cl)cc2)sc1CO[C@@H]1CCCN(c2cccc(C(=O)O)c2)C1. The van der Waals surface area contributed by atoms with Crippen LogP contribution in [0.1, 0.15) is 33.8 Å². The molecule has 2 aromatic carbocycles. The lowest BCUT2D eigenvalue weighted by molar-refractivity contribution is 0.0327. The molecule has 0 aliphatic carbocycles. The molecule has 0 amide bonds. The van der Waals surface area contributed by atoms with E-state index >= 15 is 0 Å². The van der Waals surface area contributed by atoms with Crippen molar-refractivity contribution in [2.24, 2.45) is 0 Å². The van der Waals surface area contributed by atoms with E-state index in [-0.39, 0.29) is 6.10 Å². The van der Waals surface area contributed by atoms with Gasteiger partial charge in [-0.15, -0.1) is 11.3 Å². The molecule has 30 heavy (non-hydrogen) atoms. The number of piperidine rings is 1. The second-order valence-electron chi connectivity index (χ2n) is 7.41. The molecule has 0 bridgehead atoms. The second kappa shape index (κ2) is 9.16. The van der Waals surface area contributed by atoms with Gasteiger partial charge in [0.15, 0.2) is 0 Å². The first kappa shape index (κ1) is 20.8. The molecule has 0 saturated carbocycles. The van der Waals surface area contributed by atoms with Crippen molar-refractivity contribution >= 4 is 34.6 Å². The zero-order valence-electron chi connectivity index (χ0n) is 16.7. The van der Waals surface area contributed by atoms with Crippen molar-refractivity contribution in [3.05, 3.63) is 69.7 Å². The number of halogens is 1. The first-order valence-corrected chi connectivity index (χ1v) is 11.1. The van der Waals surface area contributed by atoms with E-state index in [9.17, 15) is 9.90 Å². The largest absolute Gasteiger partial charge is 0.478 e. The van der Waals surface area contributed by atoms with Crippen molar-refractivity contribution in [3.8, 4) is 10.6 Å². The van der Waals surface area contributed by atoms with Crippen LogP contribution in [0.25, 0.3) is 10.6 Å². The smallest absolute Gasteiger partial charge is 0.335 e. The van der Waals surface area contributed by atoms with Crippen molar-refractivity contribution in [3.63, 3.8) is 0 Å². The number of rotatable bonds is 6. The van der Waals surface area contributed by atoms with Crippen LogP contribution in [-0.2, 0) is 11.3 Å². The Balaban J connectivity index is 1.40. The van der Waals surface area contributed by atoms with Gasteiger partial charge in [-0.2, -0.15) is 0 Å². The summed E-state index contributed by atoms with van der Waals surface area (Å²) in [6, 6.07) is 14.8. The van der Waals surface area contributed by atoms with E-state index in [1.807, 2.05) is 37.3 Å². The van der Waals surface area contributed by atoms with Crippen LogP contribution in [0.4, 0.5) is 5.69 Å². The third-order valence-electron chi connectivity index (χ3n) is 5.27. The fraction of sp³-hybridized carbons (Fsp3) is 0.304. The number of thiazole rings is 1. The zero-order valence-corrected chi connectivity index (χ0v) is 18.2. The van der Waals surface area contributed by atoms with Gasteiger partial charge < -0.3 is 14.7 Å². The molecule has 2 heterocycles. The van der Waals surface area contributed by atoms with Crippen LogP contribution >= 0.6 is 22.9 Å². The van der Waals surface area contributed by atoms with E-state index in [1.54, 1.807) is 29.5 Å². The Bertz CT molecular complexity index is 1040. The van der Waals surface area contributed by atoms with Gasteiger partial charge in [-0.3, -0.25) is 0 Å². The van der Waals surface area contributed by atoms with Gasteiger partial charge >= 0.3 is 5.97 Å². The van der Waals surface area contributed by atoms with Gasteiger partial charge in [0.1, 0.15) is 5.01 Å². The van der Waals surface area contributed by atoms with Crippen molar-refractivity contribution in [2.45, 2.75) is 32.5 Å². The highest BCUT2D eigenvalue weighted by atomic mass is 35.5. The van der Waals surface area contributed by atoms with Crippen LogP contribution in [0.15, 0.2) is 48.5 Å². The van der Waals surface area contributed by atoms with Gasteiger partial charge in [-0.1, -0.05) is 29.8 Å². The topological polar surface area (TPSA) is 62.7 Å². The summed E-state index contributed by atoms with van der Waals surface area (Å²) in [5.74, 6) is -0.904. The summed E-state index contributed by atoms with van der Waals surface area (Å²) >= 11 is 7.63. The van der Waals surface area contributed by atoms with Crippen LogP contribution in [0.2, 0.25) is 5.02 Å². The maximum Gasteiger partial charge on any atom is 0.335 e.